The minimum atomic E-state index is 0. The molecule has 2 rings (SSSR count). The summed E-state index contributed by atoms with van der Waals surface area (Å²) in [5.41, 5.74) is 5.84. The normalized spacial score (nSPS) is 30.5. The van der Waals surface area contributed by atoms with Crippen molar-refractivity contribution in [2.75, 3.05) is 19.6 Å². The summed E-state index contributed by atoms with van der Waals surface area (Å²) in [5, 5.41) is 3.12. The van der Waals surface area contributed by atoms with Gasteiger partial charge in [0.2, 0.25) is 5.91 Å². The second kappa shape index (κ2) is 9.01. The molecule has 0 aromatic carbocycles. The molecule has 2 aliphatic rings. The number of carbonyl (C=O) groups excluding carboxylic acids is 1. The molecule has 114 valence electrons. The van der Waals surface area contributed by atoms with Crippen LogP contribution in [0.1, 0.15) is 39.0 Å². The Hall–Kier alpha value is -0.0300. The van der Waals surface area contributed by atoms with Crippen molar-refractivity contribution < 1.29 is 4.79 Å². The van der Waals surface area contributed by atoms with E-state index in [9.17, 15) is 4.79 Å². The zero-order chi connectivity index (χ0) is 12.3. The van der Waals surface area contributed by atoms with Gasteiger partial charge in [-0.25, -0.2) is 0 Å². The number of hydrogen-bond acceptors (Lipinski definition) is 3. The molecule has 0 spiro atoms. The second-order valence-electron chi connectivity index (χ2n) is 5.44. The van der Waals surface area contributed by atoms with Crippen LogP contribution in [0.15, 0.2) is 0 Å². The number of likely N-dealkylation sites (tertiary alicyclic amines) is 1. The van der Waals surface area contributed by atoms with Crippen LogP contribution in [0, 0.1) is 5.92 Å². The molecule has 3 unspecified atom stereocenters. The van der Waals surface area contributed by atoms with Gasteiger partial charge in [-0.3, -0.25) is 9.69 Å². The molecule has 2 fully saturated rings. The summed E-state index contributed by atoms with van der Waals surface area (Å²) in [7, 11) is 0. The summed E-state index contributed by atoms with van der Waals surface area (Å²) in [5.74, 6) is 0.391. The average molecular weight is 312 g/mol. The number of nitrogens with zero attached hydrogens (tertiary/aromatic N) is 1. The van der Waals surface area contributed by atoms with E-state index in [-0.39, 0.29) is 42.7 Å². The molecular weight excluding hydrogens is 285 g/mol. The van der Waals surface area contributed by atoms with Gasteiger partial charge in [-0.05, 0) is 45.2 Å². The van der Waals surface area contributed by atoms with Gasteiger partial charge in [0.25, 0.3) is 0 Å². The number of nitrogens with two attached hydrogens (primary N) is 1. The van der Waals surface area contributed by atoms with E-state index >= 15 is 0 Å². The van der Waals surface area contributed by atoms with E-state index in [1.807, 2.05) is 0 Å². The van der Waals surface area contributed by atoms with Gasteiger partial charge in [-0.2, -0.15) is 0 Å². The van der Waals surface area contributed by atoms with Crippen molar-refractivity contribution in [3.63, 3.8) is 0 Å². The number of nitrogens with one attached hydrogen (secondary N) is 1. The topological polar surface area (TPSA) is 58.4 Å². The number of carbonyl (C=O) groups is 1. The van der Waals surface area contributed by atoms with Gasteiger partial charge in [0, 0.05) is 24.5 Å². The predicted molar refractivity (Wildman–Crippen MR) is 83.1 cm³/mol. The Morgan fingerprint density at radius 1 is 1.32 bits per heavy atom. The molecule has 1 aliphatic heterocycles. The fourth-order valence-corrected chi connectivity index (χ4v) is 3.16. The monoisotopic (exact) mass is 311 g/mol. The van der Waals surface area contributed by atoms with E-state index in [4.69, 9.17) is 5.73 Å². The predicted octanol–water partition coefficient (Wildman–Crippen LogP) is 1.56. The molecule has 0 bridgehead atoms. The number of likely N-dealkylation sites (N-methyl/N-ethyl adjacent to an activating group) is 1. The first-order chi connectivity index (χ1) is 8.20. The van der Waals surface area contributed by atoms with Gasteiger partial charge >= 0.3 is 0 Å². The standard InChI is InChI=1S/C13H25N3O.2ClH/c1-2-16-7-3-4-12(16)9-15-13(17)10-5-6-11(14)8-10;;/h10-12H,2-9,14H2,1H3,(H,15,17);2*1H. The van der Waals surface area contributed by atoms with Crippen LogP contribution >= 0.6 is 24.8 Å². The van der Waals surface area contributed by atoms with Gasteiger partial charge in [-0.1, -0.05) is 6.92 Å². The molecule has 4 nitrogen and oxygen atoms in total. The van der Waals surface area contributed by atoms with E-state index < -0.39 is 0 Å². The molecule has 0 aromatic rings. The van der Waals surface area contributed by atoms with E-state index in [0.29, 0.717) is 6.04 Å². The van der Waals surface area contributed by atoms with Crippen molar-refractivity contribution in [2.24, 2.45) is 11.7 Å². The maximum Gasteiger partial charge on any atom is 0.223 e. The Morgan fingerprint density at radius 2 is 2.05 bits per heavy atom. The average Bonchev–Trinajstić information content (AvgIpc) is 2.94. The van der Waals surface area contributed by atoms with Crippen LogP contribution in [0.25, 0.3) is 0 Å². The third-order valence-corrected chi connectivity index (χ3v) is 4.26. The largest absolute Gasteiger partial charge is 0.354 e. The maximum atomic E-state index is 12.0. The van der Waals surface area contributed by atoms with Gasteiger partial charge in [-0.15, -0.1) is 24.8 Å². The molecule has 1 saturated carbocycles. The Bertz CT molecular complexity index is 279. The van der Waals surface area contributed by atoms with Crippen LogP contribution in [-0.4, -0.2) is 42.5 Å². The lowest BCUT2D eigenvalue weighted by molar-refractivity contribution is -0.125. The second-order valence-corrected chi connectivity index (χ2v) is 5.44. The van der Waals surface area contributed by atoms with Crippen molar-refractivity contribution in [3.8, 4) is 0 Å². The number of amides is 1. The summed E-state index contributed by atoms with van der Waals surface area (Å²) >= 11 is 0. The van der Waals surface area contributed by atoms with Gasteiger partial charge in [0.1, 0.15) is 0 Å². The maximum absolute atomic E-state index is 12.0. The van der Waals surface area contributed by atoms with Crippen molar-refractivity contribution in [1.29, 1.82) is 0 Å². The molecule has 3 N–H and O–H groups in total. The van der Waals surface area contributed by atoms with Crippen LogP contribution < -0.4 is 11.1 Å². The first-order valence-corrected chi connectivity index (χ1v) is 6.98. The molecule has 0 aromatic heterocycles. The highest BCUT2D eigenvalue weighted by atomic mass is 35.5. The molecule has 1 heterocycles. The third kappa shape index (κ3) is 5.10. The number of halogens is 2. The molecule has 6 heteroatoms. The lowest BCUT2D eigenvalue weighted by Gasteiger charge is -2.23. The van der Waals surface area contributed by atoms with Crippen LogP contribution in [0.3, 0.4) is 0 Å². The Kier molecular flexibility index (Phi) is 8.99. The first kappa shape index (κ1) is 19.0. The van der Waals surface area contributed by atoms with Crippen LogP contribution in [0.5, 0.6) is 0 Å². The van der Waals surface area contributed by atoms with Crippen LogP contribution in [-0.2, 0) is 4.79 Å². The fourth-order valence-electron chi connectivity index (χ4n) is 3.16. The number of hydrogen-bond donors (Lipinski definition) is 2. The minimum absolute atomic E-state index is 0. The van der Waals surface area contributed by atoms with Crippen molar-refractivity contribution in [1.82, 2.24) is 10.2 Å². The molecular formula is C13H27Cl2N3O. The Labute approximate surface area is 128 Å². The first-order valence-electron chi connectivity index (χ1n) is 6.98. The van der Waals surface area contributed by atoms with E-state index in [1.54, 1.807) is 0 Å². The highest BCUT2D eigenvalue weighted by Gasteiger charge is 2.29. The minimum Gasteiger partial charge on any atom is -0.354 e. The summed E-state index contributed by atoms with van der Waals surface area (Å²) in [4.78, 5) is 14.4. The van der Waals surface area contributed by atoms with Crippen LogP contribution in [0.2, 0.25) is 0 Å². The molecule has 1 saturated heterocycles. The molecule has 1 aliphatic carbocycles. The highest BCUT2D eigenvalue weighted by Crippen LogP contribution is 2.24. The van der Waals surface area contributed by atoms with Crippen molar-refractivity contribution in [3.05, 3.63) is 0 Å². The lowest BCUT2D eigenvalue weighted by atomic mass is 10.1. The van der Waals surface area contributed by atoms with Gasteiger partial charge in [0.05, 0.1) is 0 Å². The van der Waals surface area contributed by atoms with Gasteiger partial charge < -0.3 is 11.1 Å². The summed E-state index contributed by atoms with van der Waals surface area (Å²) in [6.45, 7) is 5.29. The summed E-state index contributed by atoms with van der Waals surface area (Å²) < 4.78 is 0. The zero-order valence-electron chi connectivity index (χ0n) is 11.6. The third-order valence-electron chi connectivity index (χ3n) is 4.26. The van der Waals surface area contributed by atoms with Crippen LogP contribution in [0.4, 0.5) is 0 Å². The smallest absolute Gasteiger partial charge is 0.223 e. The SMILES string of the molecule is CCN1CCCC1CNC(=O)C1CCC(N)C1.Cl.Cl. The van der Waals surface area contributed by atoms with E-state index in [0.717, 1.165) is 32.4 Å². The van der Waals surface area contributed by atoms with Gasteiger partial charge in [0.15, 0.2) is 0 Å². The Morgan fingerprint density at radius 3 is 2.63 bits per heavy atom. The number of rotatable bonds is 4. The van der Waals surface area contributed by atoms with Crippen molar-refractivity contribution in [2.45, 2.75) is 51.1 Å². The molecule has 0 radical (unpaired) electrons. The molecule has 19 heavy (non-hydrogen) atoms. The summed E-state index contributed by atoms with van der Waals surface area (Å²) in [6.07, 6.45) is 5.33. The highest BCUT2D eigenvalue weighted by molar-refractivity contribution is 5.85. The quantitative estimate of drug-likeness (QED) is 0.828. The Balaban J connectivity index is 0.00000162. The summed E-state index contributed by atoms with van der Waals surface area (Å²) in [6, 6.07) is 0.795. The van der Waals surface area contributed by atoms with E-state index in [1.165, 1.54) is 19.4 Å². The lowest BCUT2D eigenvalue weighted by Crippen LogP contribution is -2.41. The molecule has 3 atom stereocenters. The zero-order valence-corrected chi connectivity index (χ0v) is 13.3. The van der Waals surface area contributed by atoms with Crippen molar-refractivity contribution >= 4 is 30.7 Å². The van der Waals surface area contributed by atoms with E-state index in [2.05, 4.69) is 17.1 Å². The molecule has 1 amide bonds. The fraction of sp³-hybridized carbons (Fsp3) is 0.923.